The number of aliphatic imine (C=N–C) groups is 1. The number of amidine groups is 1. The first kappa shape index (κ1) is 23.7. The van der Waals surface area contributed by atoms with Gasteiger partial charge in [-0.05, 0) is 37.5 Å². The number of fused-ring (bicyclic) bond motifs is 3. The number of nitrogens with one attached hydrogen (secondary N) is 1. The molecule has 1 N–H and O–H groups in total. The lowest BCUT2D eigenvalue weighted by atomic mass is 9.94. The van der Waals surface area contributed by atoms with Crippen molar-refractivity contribution in [3.05, 3.63) is 71.1 Å². The summed E-state index contributed by atoms with van der Waals surface area (Å²) in [6.45, 7) is 3.97. The van der Waals surface area contributed by atoms with E-state index < -0.39 is 17.8 Å². The van der Waals surface area contributed by atoms with Crippen LogP contribution in [-0.4, -0.2) is 76.3 Å². The van der Waals surface area contributed by atoms with Crippen LogP contribution in [-0.2, 0) is 12.8 Å². The Balaban J connectivity index is 1.19. The highest BCUT2D eigenvalue weighted by molar-refractivity contribution is 5.90. The van der Waals surface area contributed by atoms with Crippen LogP contribution in [0.25, 0.3) is 5.65 Å². The van der Waals surface area contributed by atoms with Gasteiger partial charge in [-0.2, -0.15) is 22.8 Å². The fraction of sp³-hybridized carbons (Fsp3) is 0.464. The van der Waals surface area contributed by atoms with E-state index in [2.05, 4.69) is 38.4 Å². The smallest absolute Gasteiger partial charge is 0.355 e. The highest BCUT2D eigenvalue weighted by Gasteiger charge is 2.45. The molecule has 0 spiro atoms. The maximum atomic E-state index is 13.5. The molecule has 5 heterocycles. The zero-order valence-electron chi connectivity index (χ0n) is 21.0. The highest BCUT2D eigenvalue weighted by atomic mass is 19.4. The lowest BCUT2D eigenvalue weighted by Gasteiger charge is -2.44. The SMILES string of the molecule is FC(F)(F)C1=CC2N=C(C3CN(c4c5c(nc6ccnn46)CCNCC5)C3)N(CC3=CCCC=C3)C2C=C1. The van der Waals surface area contributed by atoms with Crippen LogP contribution in [0.5, 0.6) is 0 Å². The molecular weight excluding hydrogens is 491 g/mol. The molecule has 10 heteroatoms. The largest absolute Gasteiger partial charge is 0.416 e. The van der Waals surface area contributed by atoms with Crippen molar-refractivity contribution < 1.29 is 13.2 Å². The van der Waals surface area contributed by atoms with E-state index in [9.17, 15) is 13.2 Å². The van der Waals surface area contributed by atoms with Crippen LogP contribution in [0.2, 0.25) is 0 Å². The van der Waals surface area contributed by atoms with Crippen LogP contribution in [0.1, 0.15) is 24.1 Å². The van der Waals surface area contributed by atoms with Gasteiger partial charge in [0.25, 0.3) is 0 Å². The molecule has 38 heavy (non-hydrogen) atoms. The number of hydrogen-bond acceptors (Lipinski definition) is 6. The van der Waals surface area contributed by atoms with E-state index >= 15 is 0 Å². The quantitative estimate of drug-likeness (QED) is 0.666. The summed E-state index contributed by atoms with van der Waals surface area (Å²) in [6.07, 6.45) is 12.0. The zero-order chi connectivity index (χ0) is 25.9. The number of hydrogen-bond donors (Lipinski definition) is 1. The van der Waals surface area contributed by atoms with E-state index in [1.54, 1.807) is 12.3 Å². The molecular formula is C28H30F3N7. The summed E-state index contributed by atoms with van der Waals surface area (Å²) in [7, 11) is 0. The third kappa shape index (κ3) is 4.05. The van der Waals surface area contributed by atoms with E-state index in [-0.39, 0.29) is 12.0 Å². The Kier molecular flexibility index (Phi) is 5.68. The van der Waals surface area contributed by atoms with Crippen LogP contribution in [0.4, 0.5) is 19.0 Å². The molecule has 7 rings (SSSR count). The minimum atomic E-state index is -4.37. The molecule has 3 aliphatic heterocycles. The topological polar surface area (TPSA) is 61.1 Å². The van der Waals surface area contributed by atoms with Gasteiger partial charge in [-0.3, -0.25) is 4.99 Å². The van der Waals surface area contributed by atoms with Gasteiger partial charge in [0.1, 0.15) is 11.7 Å². The van der Waals surface area contributed by atoms with Crippen molar-refractivity contribution in [1.82, 2.24) is 24.8 Å². The van der Waals surface area contributed by atoms with Gasteiger partial charge in [0.15, 0.2) is 5.65 Å². The number of alkyl halides is 3. The molecule has 0 saturated carbocycles. The summed E-state index contributed by atoms with van der Waals surface area (Å²) in [5.74, 6) is 2.15. The molecule has 1 saturated heterocycles. The van der Waals surface area contributed by atoms with E-state index in [0.717, 1.165) is 74.9 Å². The van der Waals surface area contributed by atoms with Gasteiger partial charge in [0, 0.05) is 44.2 Å². The van der Waals surface area contributed by atoms with Crippen molar-refractivity contribution in [3.63, 3.8) is 0 Å². The van der Waals surface area contributed by atoms with E-state index in [1.807, 2.05) is 10.6 Å². The van der Waals surface area contributed by atoms with Crippen molar-refractivity contribution in [2.75, 3.05) is 37.6 Å². The minimum absolute atomic E-state index is 0.142. The molecule has 0 aromatic carbocycles. The molecule has 0 bridgehead atoms. The first-order chi connectivity index (χ1) is 18.5. The van der Waals surface area contributed by atoms with Gasteiger partial charge in [-0.25, -0.2) is 4.98 Å². The first-order valence-electron chi connectivity index (χ1n) is 13.4. The van der Waals surface area contributed by atoms with E-state index in [0.29, 0.717) is 6.54 Å². The fourth-order valence-electron chi connectivity index (χ4n) is 6.29. The molecule has 2 unspecified atom stereocenters. The summed E-state index contributed by atoms with van der Waals surface area (Å²) < 4.78 is 42.4. The number of anilines is 1. The van der Waals surface area contributed by atoms with E-state index in [4.69, 9.17) is 9.98 Å². The van der Waals surface area contributed by atoms with Gasteiger partial charge >= 0.3 is 6.18 Å². The molecule has 2 aliphatic carbocycles. The Morgan fingerprint density at radius 2 is 1.95 bits per heavy atom. The van der Waals surface area contributed by atoms with Gasteiger partial charge in [0.2, 0.25) is 0 Å². The lowest BCUT2D eigenvalue weighted by molar-refractivity contribution is -0.0888. The van der Waals surface area contributed by atoms with Crippen molar-refractivity contribution in [3.8, 4) is 0 Å². The number of halogens is 3. The second-order valence-electron chi connectivity index (χ2n) is 10.6. The minimum Gasteiger partial charge on any atom is -0.355 e. The van der Waals surface area contributed by atoms with Crippen molar-refractivity contribution in [2.45, 2.75) is 43.9 Å². The normalized spacial score (nSPS) is 25.5. The molecule has 1 fully saturated rings. The Bertz CT molecular complexity index is 1410. The second kappa shape index (κ2) is 9.11. The van der Waals surface area contributed by atoms with Gasteiger partial charge in [0.05, 0.1) is 35.5 Å². The van der Waals surface area contributed by atoms with Crippen LogP contribution in [0.3, 0.4) is 0 Å². The van der Waals surface area contributed by atoms with Gasteiger partial charge < -0.3 is 15.1 Å². The third-order valence-electron chi connectivity index (χ3n) is 8.19. The first-order valence-corrected chi connectivity index (χ1v) is 13.4. The molecule has 2 atom stereocenters. The fourth-order valence-corrected chi connectivity index (χ4v) is 6.29. The second-order valence-corrected chi connectivity index (χ2v) is 10.6. The average molecular weight is 522 g/mol. The Hall–Kier alpha value is -3.40. The zero-order valence-corrected chi connectivity index (χ0v) is 21.0. The standard InChI is InChI=1S/C28H30F3N7/c29-28(30,31)20-6-7-24-23(14-20)35-26(37(24)15-18-4-2-1-3-5-18)19-16-36(17-19)27-21-8-11-32-12-9-22(21)34-25-10-13-33-38(25)27/h2,4-7,10,13-14,19,23-24,32H,1,3,8-9,11-12,15-17H2. The number of aromatic nitrogens is 3. The number of nitrogens with zero attached hydrogens (tertiary/aromatic N) is 6. The molecule has 0 amide bonds. The molecule has 5 aliphatic rings. The average Bonchev–Trinajstić information content (AvgIpc) is 3.40. The van der Waals surface area contributed by atoms with Crippen LogP contribution < -0.4 is 10.2 Å². The summed E-state index contributed by atoms with van der Waals surface area (Å²) in [5, 5.41) is 8.05. The summed E-state index contributed by atoms with van der Waals surface area (Å²) in [5.41, 5.74) is 3.80. The summed E-state index contributed by atoms with van der Waals surface area (Å²) in [4.78, 5) is 14.4. The monoisotopic (exact) mass is 521 g/mol. The van der Waals surface area contributed by atoms with Gasteiger partial charge in [-0.1, -0.05) is 30.4 Å². The van der Waals surface area contributed by atoms with Crippen LogP contribution >= 0.6 is 0 Å². The molecule has 7 nitrogen and oxygen atoms in total. The Labute approximate surface area is 219 Å². The Morgan fingerprint density at radius 3 is 2.76 bits per heavy atom. The van der Waals surface area contributed by atoms with Crippen molar-refractivity contribution >= 4 is 17.3 Å². The molecule has 198 valence electrons. The van der Waals surface area contributed by atoms with Gasteiger partial charge in [-0.15, -0.1) is 0 Å². The third-order valence-corrected chi connectivity index (χ3v) is 8.19. The maximum Gasteiger partial charge on any atom is 0.416 e. The summed E-state index contributed by atoms with van der Waals surface area (Å²) >= 11 is 0. The van der Waals surface area contributed by atoms with Crippen LogP contribution in [0.15, 0.2) is 64.9 Å². The number of rotatable bonds is 4. The summed E-state index contributed by atoms with van der Waals surface area (Å²) in [6, 6.07) is 1.23. The maximum absolute atomic E-state index is 13.5. The Morgan fingerprint density at radius 1 is 1.08 bits per heavy atom. The molecule has 0 radical (unpaired) electrons. The van der Waals surface area contributed by atoms with Crippen LogP contribution in [0, 0.1) is 5.92 Å². The van der Waals surface area contributed by atoms with E-state index in [1.165, 1.54) is 23.3 Å². The van der Waals surface area contributed by atoms with Crippen molar-refractivity contribution in [2.24, 2.45) is 10.9 Å². The predicted molar refractivity (Wildman–Crippen MR) is 140 cm³/mol. The lowest BCUT2D eigenvalue weighted by Crippen LogP contribution is -2.56. The molecule has 2 aromatic heterocycles. The molecule has 2 aromatic rings. The highest BCUT2D eigenvalue weighted by Crippen LogP contribution is 2.38. The number of allylic oxidation sites excluding steroid dienone is 4. The predicted octanol–water partition coefficient (Wildman–Crippen LogP) is 3.64. The van der Waals surface area contributed by atoms with Crippen molar-refractivity contribution in [1.29, 1.82) is 0 Å².